The van der Waals surface area contributed by atoms with Crippen LogP contribution < -0.4 is 0 Å². The lowest BCUT2D eigenvalue weighted by Crippen LogP contribution is -2.70. The van der Waals surface area contributed by atoms with Crippen molar-refractivity contribution in [1.29, 1.82) is 0 Å². The van der Waals surface area contributed by atoms with Crippen molar-refractivity contribution in [2.75, 3.05) is 7.11 Å². The van der Waals surface area contributed by atoms with Crippen molar-refractivity contribution in [3.05, 3.63) is 0 Å². The van der Waals surface area contributed by atoms with Crippen LogP contribution in [-0.4, -0.2) is 94.9 Å². The number of ether oxygens (including phenoxy) is 6. The first kappa shape index (κ1) is 58.7. The van der Waals surface area contributed by atoms with Gasteiger partial charge in [-0.05, 0) is 99.8 Å². The Labute approximate surface area is 369 Å². The second-order valence-corrected chi connectivity index (χ2v) is 20.0. The van der Waals surface area contributed by atoms with Crippen molar-refractivity contribution < 1.29 is 97.0 Å². The molecule has 0 heterocycles. The van der Waals surface area contributed by atoms with Crippen molar-refractivity contribution in [1.82, 2.24) is 0 Å². The molecule has 5 atom stereocenters. The molecule has 0 radical (unpaired) electrons. The van der Waals surface area contributed by atoms with Gasteiger partial charge in [-0.25, -0.2) is 4.79 Å². The molecule has 0 aromatic heterocycles. The standard InChI is InChI=1S/C20H27F3O6.C12H18F6O3.C11H22O3/c1-5-16(3,4)14(25)28-18-7-13-6-17(9-18,27-12(2)24)10-19(8-13,11-18)29-15(26)20(21,22)23;1-6-8(2,3)7(19)21-9(4,5)10(20,11(13,14)15)12(16,17)18;1-7-11(4,5)10(12)14-9(13-6)8(2)3/h13H,5-11H2,1-4H3;20H,6H2,1-5H3;8-9H,7H2,1-6H3. The van der Waals surface area contributed by atoms with Gasteiger partial charge in [0.05, 0.1) is 16.2 Å². The Kier molecular flexibility index (Phi) is 18.2. The third kappa shape index (κ3) is 13.6. The minimum absolute atomic E-state index is 0.0195. The molecule has 64 heavy (non-hydrogen) atoms. The molecule has 4 aliphatic rings. The predicted octanol–water partition coefficient (Wildman–Crippen LogP) is 10.0. The highest BCUT2D eigenvalue weighted by Crippen LogP contribution is 2.63. The zero-order chi connectivity index (χ0) is 50.7. The highest BCUT2D eigenvalue weighted by Gasteiger charge is 2.79. The van der Waals surface area contributed by atoms with Crippen LogP contribution >= 0.6 is 0 Å². The Hall–Kier alpha value is -3.36. The minimum atomic E-state index is -6.06. The van der Waals surface area contributed by atoms with Gasteiger partial charge in [0.2, 0.25) is 6.29 Å². The number of aliphatic hydroxyl groups is 1. The van der Waals surface area contributed by atoms with Gasteiger partial charge in [0.25, 0.3) is 5.60 Å². The maximum Gasteiger partial charge on any atom is 0.490 e. The molecule has 0 saturated heterocycles. The SMILES string of the molecule is CCC(C)(C)C(=O)OC(C)(C)C(O)(C(F)(F)F)C(F)(F)F.CCC(C)(C)C(=O)OC(OC)C(C)C.CCC(C)(C)C(=O)OC12CC3CC(OC(C)=O)(CC(OC(=O)C(F)(F)F)(C3)C1)C2. The Morgan fingerprint density at radius 3 is 1.25 bits per heavy atom. The van der Waals surface area contributed by atoms with E-state index in [-0.39, 0.29) is 49.9 Å². The highest BCUT2D eigenvalue weighted by atomic mass is 19.4. The lowest BCUT2D eigenvalue weighted by molar-refractivity contribution is -0.408. The number of halogens is 9. The fourth-order valence-corrected chi connectivity index (χ4v) is 7.85. The van der Waals surface area contributed by atoms with E-state index in [2.05, 4.69) is 4.74 Å². The summed E-state index contributed by atoms with van der Waals surface area (Å²) in [5, 5.41) is 9.27. The molecule has 21 heteroatoms. The number of hydrogen-bond donors (Lipinski definition) is 1. The Balaban J connectivity index is 0.000000515. The summed E-state index contributed by atoms with van der Waals surface area (Å²) in [6.07, 6.45) is -15.0. The lowest BCUT2D eigenvalue weighted by Gasteiger charge is -2.63. The second kappa shape index (κ2) is 19.9. The van der Waals surface area contributed by atoms with Crippen LogP contribution in [0.25, 0.3) is 0 Å². The van der Waals surface area contributed by atoms with Gasteiger partial charge in [0.15, 0.2) is 5.60 Å². The van der Waals surface area contributed by atoms with Crippen molar-refractivity contribution in [3.8, 4) is 0 Å². The number of hydrogen-bond acceptors (Lipinski definition) is 12. The molecule has 4 rings (SSSR count). The summed E-state index contributed by atoms with van der Waals surface area (Å²) in [6, 6.07) is 0. The number of esters is 5. The van der Waals surface area contributed by atoms with Crippen LogP contribution in [0, 0.1) is 28.1 Å². The van der Waals surface area contributed by atoms with Gasteiger partial charge >= 0.3 is 48.4 Å². The minimum Gasteiger partial charge on any atom is -0.459 e. The van der Waals surface area contributed by atoms with Gasteiger partial charge in [-0.1, -0.05) is 34.6 Å². The first-order chi connectivity index (χ1) is 28.4. The Bertz CT molecular complexity index is 1650. The van der Waals surface area contributed by atoms with E-state index in [4.69, 9.17) is 23.7 Å². The van der Waals surface area contributed by atoms with Crippen LogP contribution in [0.15, 0.2) is 0 Å². The van der Waals surface area contributed by atoms with E-state index in [0.717, 1.165) is 6.42 Å². The number of methoxy groups -OCH3 is 1. The fraction of sp³-hybridized carbons (Fsp3) is 0.884. The highest BCUT2D eigenvalue weighted by molar-refractivity contribution is 5.78. The van der Waals surface area contributed by atoms with Crippen LogP contribution in [0.2, 0.25) is 0 Å². The molecule has 0 amide bonds. The number of carbonyl (C=O) groups excluding carboxylic acids is 5. The summed E-state index contributed by atoms with van der Waals surface area (Å²) in [4.78, 5) is 59.6. The topological polar surface area (TPSA) is 161 Å². The number of carbonyl (C=O) groups is 5. The summed E-state index contributed by atoms with van der Waals surface area (Å²) >= 11 is 0. The zero-order valence-electron chi connectivity index (χ0n) is 39.4. The fourth-order valence-electron chi connectivity index (χ4n) is 7.85. The third-order valence-corrected chi connectivity index (χ3v) is 12.5. The average Bonchev–Trinajstić information content (AvgIpc) is 3.10. The van der Waals surface area contributed by atoms with Crippen molar-refractivity contribution >= 4 is 29.8 Å². The van der Waals surface area contributed by atoms with Gasteiger partial charge in [0, 0.05) is 39.2 Å². The average molecular weight is 947 g/mol. The Morgan fingerprint density at radius 2 is 0.938 bits per heavy atom. The normalized spacial score (nSPS) is 24.3. The molecule has 0 aromatic rings. The molecule has 1 N–H and O–H groups in total. The van der Waals surface area contributed by atoms with Gasteiger partial charge < -0.3 is 33.5 Å². The molecule has 4 fully saturated rings. The number of rotatable bonds is 14. The Morgan fingerprint density at radius 1 is 0.594 bits per heavy atom. The van der Waals surface area contributed by atoms with E-state index < -0.39 is 92.9 Å². The van der Waals surface area contributed by atoms with E-state index in [1.165, 1.54) is 27.7 Å². The molecule has 4 aliphatic carbocycles. The van der Waals surface area contributed by atoms with Crippen LogP contribution in [0.5, 0.6) is 0 Å². The van der Waals surface area contributed by atoms with Crippen molar-refractivity contribution in [2.24, 2.45) is 28.1 Å². The summed E-state index contributed by atoms with van der Waals surface area (Å²) in [5.74, 6) is -4.76. The predicted molar refractivity (Wildman–Crippen MR) is 211 cm³/mol. The molecule has 5 unspecified atom stereocenters. The second-order valence-electron chi connectivity index (χ2n) is 20.0. The van der Waals surface area contributed by atoms with Gasteiger partial charge in [-0.2, -0.15) is 39.5 Å². The van der Waals surface area contributed by atoms with Gasteiger partial charge in [-0.3, -0.25) is 19.2 Å². The summed E-state index contributed by atoms with van der Waals surface area (Å²) in [7, 11) is 1.55. The lowest BCUT2D eigenvalue weighted by atomic mass is 9.50. The molecule has 0 spiro atoms. The summed E-state index contributed by atoms with van der Waals surface area (Å²) in [5.41, 5.74) is -14.6. The largest absolute Gasteiger partial charge is 0.490 e. The summed E-state index contributed by atoms with van der Waals surface area (Å²) in [6.45, 7) is 21.1. The van der Waals surface area contributed by atoms with Crippen LogP contribution in [-0.2, 0) is 52.4 Å². The van der Waals surface area contributed by atoms with Crippen LogP contribution in [0.1, 0.15) is 155 Å². The van der Waals surface area contributed by atoms with E-state index in [1.807, 2.05) is 41.5 Å². The van der Waals surface area contributed by atoms with Crippen molar-refractivity contribution in [3.63, 3.8) is 0 Å². The van der Waals surface area contributed by atoms with Crippen molar-refractivity contribution in [2.45, 2.75) is 208 Å². The van der Waals surface area contributed by atoms with Crippen LogP contribution in [0.4, 0.5) is 39.5 Å². The first-order valence-corrected chi connectivity index (χ1v) is 21.0. The molecule has 12 nitrogen and oxygen atoms in total. The molecule has 4 bridgehead atoms. The van der Waals surface area contributed by atoms with E-state index >= 15 is 0 Å². The quantitative estimate of drug-likeness (QED) is 0.0761. The molecule has 0 aromatic carbocycles. The van der Waals surface area contributed by atoms with E-state index in [0.29, 0.717) is 33.1 Å². The maximum absolute atomic E-state index is 12.9. The summed E-state index contributed by atoms with van der Waals surface area (Å²) < 4.78 is 146. The van der Waals surface area contributed by atoms with Gasteiger partial charge in [-0.15, -0.1) is 0 Å². The monoisotopic (exact) mass is 946 g/mol. The smallest absolute Gasteiger partial charge is 0.459 e. The number of alkyl halides is 9. The molecule has 0 aliphatic heterocycles. The molecule has 4 saturated carbocycles. The molecular formula is C43H67F9O12. The van der Waals surface area contributed by atoms with E-state index in [9.17, 15) is 68.6 Å². The van der Waals surface area contributed by atoms with E-state index in [1.54, 1.807) is 21.0 Å². The maximum atomic E-state index is 12.9. The molecule has 374 valence electrons. The van der Waals surface area contributed by atoms with Gasteiger partial charge in [0.1, 0.15) is 16.8 Å². The third-order valence-electron chi connectivity index (χ3n) is 12.5. The molecular weight excluding hydrogens is 879 g/mol. The zero-order valence-corrected chi connectivity index (χ0v) is 39.4. The first-order valence-electron chi connectivity index (χ1n) is 21.0. The van der Waals surface area contributed by atoms with Crippen LogP contribution in [0.3, 0.4) is 0 Å².